The molecule has 0 N–H and O–H groups in total. The highest BCUT2D eigenvalue weighted by Gasteiger charge is 2.26. The summed E-state index contributed by atoms with van der Waals surface area (Å²) in [4.78, 5) is 28.3. The maximum Gasteiger partial charge on any atom is 0.0897 e. The average molecular weight is 547 g/mol. The molecule has 0 radical (unpaired) electrons. The molecule has 0 amide bonds. The molecule has 6 heteroatoms. The van der Waals surface area contributed by atoms with Crippen LogP contribution in [0.3, 0.4) is 0 Å². The molecule has 6 nitrogen and oxygen atoms in total. The third-order valence-corrected chi connectivity index (χ3v) is 8.07. The molecule has 0 aromatic carbocycles. The summed E-state index contributed by atoms with van der Waals surface area (Å²) >= 11 is 0. The Labute approximate surface area is 245 Å². The summed E-state index contributed by atoms with van der Waals surface area (Å²) in [5, 5.41) is 0. The number of rotatable bonds is 6. The summed E-state index contributed by atoms with van der Waals surface area (Å²) in [5.41, 5.74) is 9.71. The molecule has 1 fully saturated rings. The van der Waals surface area contributed by atoms with Gasteiger partial charge in [-0.05, 0) is 121 Å². The number of nitrogens with zero attached hydrogens (tertiary/aromatic N) is 6. The van der Waals surface area contributed by atoms with Crippen molar-refractivity contribution in [3.8, 4) is 45.6 Å². The second-order valence-corrected chi connectivity index (χ2v) is 10.8. The third-order valence-electron chi connectivity index (χ3n) is 8.07. The molecule has 204 valence electrons. The van der Waals surface area contributed by atoms with E-state index in [1.165, 1.54) is 11.1 Å². The van der Waals surface area contributed by atoms with Crippen LogP contribution in [0, 0.1) is 0 Å². The predicted octanol–water partition coefficient (Wildman–Crippen LogP) is 8.17. The van der Waals surface area contributed by atoms with Crippen LogP contribution in [0.15, 0.2) is 122 Å². The molecule has 7 rings (SSSR count). The molecule has 0 saturated heterocycles. The number of pyridine rings is 6. The van der Waals surface area contributed by atoms with Crippen molar-refractivity contribution in [2.24, 2.45) is 0 Å². The highest BCUT2D eigenvalue weighted by Crippen LogP contribution is 2.42. The Balaban J connectivity index is 1.19. The zero-order chi connectivity index (χ0) is 28.1. The molecule has 6 aromatic rings. The van der Waals surface area contributed by atoms with Gasteiger partial charge in [-0.3, -0.25) is 19.9 Å². The summed E-state index contributed by atoms with van der Waals surface area (Å²) in [6, 6.07) is 32.8. The van der Waals surface area contributed by atoms with Crippen molar-refractivity contribution in [3.63, 3.8) is 0 Å². The topological polar surface area (TPSA) is 77.3 Å². The number of hydrogen-bond donors (Lipinski definition) is 0. The van der Waals surface area contributed by atoms with Gasteiger partial charge in [-0.1, -0.05) is 24.3 Å². The lowest BCUT2D eigenvalue weighted by Crippen LogP contribution is -2.13. The van der Waals surface area contributed by atoms with Gasteiger partial charge >= 0.3 is 0 Å². The van der Waals surface area contributed by atoms with Crippen molar-refractivity contribution in [3.05, 3.63) is 133 Å². The normalized spacial score (nSPS) is 16.7. The minimum Gasteiger partial charge on any atom is -0.255 e. The van der Waals surface area contributed by atoms with Gasteiger partial charge < -0.3 is 0 Å². The van der Waals surface area contributed by atoms with E-state index in [4.69, 9.17) is 9.97 Å². The Bertz CT molecular complexity index is 1520. The van der Waals surface area contributed by atoms with Gasteiger partial charge in [0.25, 0.3) is 0 Å². The molecule has 0 aliphatic heterocycles. The van der Waals surface area contributed by atoms with Crippen molar-refractivity contribution < 1.29 is 0 Å². The molecule has 6 aromatic heterocycles. The Kier molecular flexibility index (Phi) is 7.25. The molecular weight excluding hydrogens is 516 g/mol. The second kappa shape index (κ2) is 11.8. The maximum absolute atomic E-state index is 4.96. The fraction of sp³-hybridized carbons (Fsp3) is 0.167. The van der Waals surface area contributed by atoms with Gasteiger partial charge in [0.15, 0.2) is 0 Å². The first kappa shape index (κ1) is 25.8. The number of aromatic nitrogens is 6. The van der Waals surface area contributed by atoms with Crippen LogP contribution >= 0.6 is 0 Å². The average Bonchev–Trinajstić information content (AvgIpc) is 3.09. The molecule has 1 aliphatic carbocycles. The molecule has 0 unspecified atom stereocenters. The van der Waals surface area contributed by atoms with Crippen molar-refractivity contribution in [1.29, 1.82) is 0 Å². The molecule has 0 bridgehead atoms. The van der Waals surface area contributed by atoms with Crippen LogP contribution in [0.1, 0.15) is 48.6 Å². The summed E-state index contributed by atoms with van der Waals surface area (Å²) in [5.74, 6) is 0.892. The monoisotopic (exact) mass is 546 g/mol. The maximum atomic E-state index is 4.96. The molecule has 1 saturated carbocycles. The first-order valence-corrected chi connectivity index (χ1v) is 14.5. The molecule has 0 spiro atoms. The minimum atomic E-state index is 0.446. The lowest BCUT2D eigenvalue weighted by Gasteiger charge is -2.30. The molecule has 0 atom stereocenters. The van der Waals surface area contributed by atoms with E-state index in [1.54, 1.807) is 0 Å². The summed E-state index contributed by atoms with van der Waals surface area (Å²) < 4.78 is 0. The van der Waals surface area contributed by atoms with Gasteiger partial charge in [-0.15, -0.1) is 0 Å². The van der Waals surface area contributed by atoms with Gasteiger partial charge in [0.05, 0.1) is 45.6 Å². The van der Waals surface area contributed by atoms with Crippen LogP contribution in [0.25, 0.3) is 45.6 Å². The second-order valence-electron chi connectivity index (χ2n) is 10.8. The largest absolute Gasteiger partial charge is 0.255 e. The smallest absolute Gasteiger partial charge is 0.0897 e. The quantitative estimate of drug-likeness (QED) is 0.210. The van der Waals surface area contributed by atoms with Crippen LogP contribution in [0.4, 0.5) is 0 Å². The highest BCUT2D eigenvalue weighted by atomic mass is 14.8. The lowest BCUT2D eigenvalue weighted by molar-refractivity contribution is 0.396. The van der Waals surface area contributed by atoms with Crippen molar-refractivity contribution in [2.45, 2.75) is 37.5 Å². The number of hydrogen-bond acceptors (Lipinski definition) is 6. The lowest BCUT2D eigenvalue weighted by atomic mass is 9.76. The van der Waals surface area contributed by atoms with Crippen LogP contribution in [-0.4, -0.2) is 29.9 Å². The molecule has 1 aliphatic rings. The molecule has 42 heavy (non-hydrogen) atoms. The predicted molar refractivity (Wildman–Crippen MR) is 165 cm³/mol. The van der Waals surface area contributed by atoms with E-state index in [2.05, 4.69) is 44.2 Å². The van der Waals surface area contributed by atoms with E-state index >= 15 is 0 Å². The van der Waals surface area contributed by atoms with E-state index in [0.717, 1.165) is 71.2 Å². The first-order chi connectivity index (χ1) is 20.8. The minimum absolute atomic E-state index is 0.446. The van der Waals surface area contributed by atoms with Crippen molar-refractivity contribution in [2.75, 3.05) is 0 Å². The van der Waals surface area contributed by atoms with Crippen LogP contribution < -0.4 is 0 Å². The fourth-order valence-electron chi connectivity index (χ4n) is 5.92. The van der Waals surface area contributed by atoms with E-state index in [9.17, 15) is 0 Å². The standard InChI is InChI=1S/C36H30N6/c1-5-17-37-29(9-1)33-21-27(22-34(41-33)30-10-2-6-18-38-30)25-13-15-26(16-14-25)28-23-35(31-11-3-7-19-39-31)42-36(24-28)32-12-4-8-20-40-32/h1-12,17-26H,13-16H2. The van der Waals surface area contributed by atoms with Crippen LogP contribution in [0.5, 0.6) is 0 Å². The van der Waals surface area contributed by atoms with Crippen LogP contribution in [0.2, 0.25) is 0 Å². The van der Waals surface area contributed by atoms with Crippen molar-refractivity contribution >= 4 is 0 Å². The molecule has 6 heterocycles. The zero-order valence-corrected chi connectivity index (χ0v) is 23.2. The Morgan fingerprint density at radius 2 is 0.643 bits per heavy atom. The van der Waals surface area contributed by atoms with Crippen LogP contribution in [-0.2, 0) is 0 Å². The molecular formula is C36H30N6. The highest BCUT2D eigenvalue weighted by molar-refractivity contribution is 5.65. The SMILES string of the molecule is c1ccc(-c2cc(C3CCC(c4cc(-c5ccccn5)nc(-c5ccccn5)c4)CC3)cc(-c3ccccn3)n2)nc1. The van der Waals surface area contributed by atoms with Gasteiger partial charge in [0.1, 0.15) is 0 Å². The van der Waals surface area contributed by atoms with Gasteiger partial charge in [0, 0.05) is 24.8 Å². The summed E-state index contributed by atoms with van der Waals surface area (Å²) in [7, 11) is 0. The van der Waals surface area contributed by atoms with Crippen molar-refractivity contribution in [1.82, 2.24) is 29.9 Å². The van der Waals surface area contributed by atoms with Gasteiger partial charge in [-0.2, -0.15) is 0 Å². The van der Waals surface area contributed by atoms with Gasteiger partial charge in [-0.25, -0.2) is 9.97 Å². The Morgan fingerprint density at radius 3 is 0.881 bits per heavy atom. The van der Waals surface area contributed by atoms with E-state index in [1.807, 2.05) is 97.6 Å². The summed E-state index contributed by atoms with van der Waals surface area (Å²) in [6.07, 6.45) is 11.7. The van der Waals surface area contributed by atoms with Gasteiger partial charge in [0.2, 0.25) is 0 Å². The third kappa shape index (κ3) is 5.56. The van der Waals surface area contributed by atoms with E-state index < -0.39 is 0 Å². The fourth-order valence-corrected chi connectivity index (χ4v) is 5.92. The first-order valence-electron chi connectivity index (χ1n) is 14.5. The Morgan fingerprint density at radius 1 is 0.357 bits per heavy atom. The van der Waals surface area contributed by atoms with E-state index in [0.29, 0.717) is 11.8 Å². The zero-order valence-electron chi connectivity index (χ0n) is 23.2. The Hall–Kier alpha value is -5.10. The van der Waals surface area contributed by atoms with E-state index in [-0.39, 0.29) is 0 Å². The summed E-state index contributed by atoms with van der Waals surface area (Å²) in [6.45, 7) is 0.